The molecule has 0 radical (unpaired) electrons. The van der Waals surface area contributed by atoms with Crippen LogP contribution in [0.3, 0.4) is 0 Å². The Bertz CT molecular complexity index is 800. The Morgan fingerprint density at radius 3 is 2.70 bits per heavy atom. The van der Waals surface area contributed by atoms with Gasteiger partial charge in [0.1, 0.15) is 5.82 Å². The van der Waals surface area contributed by atoms with Crippen molar-refractivity contribution < 1.29 is 4.39 Å². The number of rotatable bonds is 2. The summed E-state index contributed by atoms with van der Waals surface area (Å²) in [5.41, 5.74) is 4.44. The van der Waals surface area contributed by atoms with Gasteiger partial charge in [0.2, 0.25) is 0 Å². The number of aryl methyl sites for hydroxylation is 2. The van der Waals surface area contributed by atoms with E-state index in [2.05, 4.69) is 16.0 Å². The number of benzene rings is 2. The van der Waals surface area contributed by atoms with Crippen molar-refractivity contribution in [3.8, 4) is 0 Å². The van der Waals surface area contributed by atoms with E-state index in [-0.39, 0.29) is 5.82 Å². The van der Waals surface area contributed by atoms with Crippen LogP contribution in [0.25, 0.3) is 10.9 Å². The Labute approximate surface area is 117 Å². The first kappa shape index (κ1) is 12.6. The van der Waals surface area contributed by atoms with Crippen LogP contribution in [0.2, 0.25) is 0 Å². The molecule has 0 saturated carbocycles. The summed E-state index contributed by atoms with van der Waals surface area (Å²) in [5.74, 6) is -0.227. The molecule has 2 nitrogen and oxygen atoms in total. The number of hydrogen-bond acceptors (Lipinski definition) is 1. The smallest absolute Gasteiger partial charge is 0.128 e. The summed E-state index contributed by atoms with van der Waals surface area (Å²) in [6.45, 7) is 3.75. The first-order valence-corrected chi connectivity index (χ1v) is 6.52. The third-order valence-electron chi connectivity index (χ3n) is 3.44. The van der Waals surface area contributed by atoms with Crippen molar-refractivity contribution in [2.45, 2.75) is 13.8 Å². The molecule has 1 N–H and O–H groups in total. The Kier molecular flexibility index (Phi) is 3.11. The predicted octanol–water partition coefficient (Wildman–Crippen LogP) is 4.67. The molecule has 1 heterocycles. The van der Waals surface area contributed by atoms with Crippen molar-refractivity contribution in [2.75, 3.05) is 0 Å². The number of nitrogens with zero attached hydrogens (tertiary/aromatic N) is 1. The van der Waals surface area contributed by atoms with Crippen LogP contribution in [0, 0.1) is 19.7 Å². The summed E-state index contributed by atoms with van der Waals surface area (Å²) >= 11 is 0. The zero-order valence-corrected chi connectivity index (χ0v) is 11.4. The number of halogens is 1. The number of H-pyrrole nitrogens is 1. The van der Waals surface area contributed by atoms with E-state index in [4.69, 9.17) is 0 Å². The van der Waals surface area contributed by atoms with Gasteiger partial charge in [-0.2, -0.15) is 0 Å². The average Bonchev–Trinajstić information content (AvgIpc) is 2.76. The molecular formula is C17H15FN2. The molecule has 0 unspecified atom stereocenters. The van der Waals surface area contributed by atoms with Crippen LogP contribution in [0.1, 0.15) is 16.8 Å². The van der Waals surface area contributed by atoms with Crippen LogP contribution < -0.4 is 0 Å². The number of para-hydroxylation sites is 1. The molecule has 0 atom stereocenters. The maximum Gasteiger partial charge on any atom is 0.128 e. The fraction of sp³-hybridized carbons (Fsp3) is 0.118. The molecular weight excluding hydrogens is 251 g/mol. The van der Waals surface area contributed by atoms with Crippen LogP contribution >= 0.6 is 0 Å². The highest BCUT2D eigenvalue weighted by molar-refractivity contribution is 6.01. The standard InChI is InChI=1S/C17H15FN2/c1-11-7-8-13(9-16(11)18)19-10-15-12(2)20-17-6-4-3-5-14(15)17/h3-10,20H,1-2H3. The highest BCUT2D eigenvalue weighted by Gasteiger charge is 2.05. The van der Waals surface area contributed by atoms with E-state index < -0.39 is 0 Å². The fourth-order valence-electron chi connectivity index (χ4n) is 2.27. The first-order valence-electron chi connectivity index (χ1n) is 6.52. The van der Waals surface area contributed by atoms with E-state index in [0.717, 1.165) is 22.2 Å². The van der Waals surface area contributed by atoms with E-state index in [9.17, 15) is 4.39 Å². The van der Waals surface area contributed by atoms with Gasteiger partial charge in [-0.05, 0) is 37.6 Å². The summed E-state index contributed by atoms with van der Waals surface area (Å²) in [5, 5.41) is 1.13. The van der Waals surface area contributed by atoms with Crippen LogP contribution in [0.15, 0.2) is 47.5 Å². The largest absolute Gasteiger partial charge is 0.358 e. The van der Waals surface area contributed by atoms with Crippen LogP contribution in [-0.2, 0) is 0 Å². The molecule has 100 valence electrons. The maximum absolute atomic E-state index is 13.5. The van der Waals surface area contributed by atoms with Crippen LogP contribution in [-0.4, -0.2) is 11.2 Å². The molecule has 2 aromatic carbocycles. The van der Waals surface area contributed by atoms with Crippen molar-refractivity contribution >= 4 is 22.8 Å². The lowest BCUT2D eigenvalue weighted by molar-refractivity contribution is 0.619. The van der Waals surface area contributed by atoms with E-state index in [0.29, 0.717) is 11.3 Å². The zero-order chi connectivity index (χ0) is 14.1. The number of aromatic nitrogens is 1. The van der Waals surface area contributed by atoms with Gasteiger partial charge in [-0.25, -0.2) is 4.39 Å². The van der Waals surface area contributed by atoms with Gasteiger partial charge in [0.25, 0.3) is 0 Å². The highest BCUT2D eigenvalue weighted by Crippen LogP contribution is 2.22. The molecule has 0 bridgehead atoms. The minimum absolute atomic E-state index is 0.227. The molecule has 0 aliphatic heterocycles. The minimum atomic E-state index is -0.227. The molecule has 3 rings (SSSR count). The SMILES string of the molecule is Cc1ccc(N=Cc2c(C)[nH]c3ccccc23)cc1F. The molecule has 20 heavy (non-hydrogen) atoms. The lowest BCUT2D eigenvalue weighted by atomic mass is 10.1. The topological polar surface area (TPSA) is 28.1 Å². The summed E-state index contributed by atoms with van der Waals surface area (Å²) in [7, 11) is 0. The van der Waals surface area contributed by atoms with Crippen molar-refractivity contribution in [3.63, 3.8) is 0 Å². The second kappa shape index (κ2) is 4.93. The number of hydrogen-bond donors (Lipinski definition) is 1. The van der Waals surface area contributed by atoms with Gasteiger partial charge in [0, 0.05) is 28.4 Å². The molecule has 3 aromatic rings. The van der Waals surface area contributed by atoms with Crippen LogP contribution in [0.4, 0.5) is 10.1 Å². The van der Waals surface area contributed by atoms with Gasteiger partial charge in [-0.3, -0.25) is 4.99 Å². The number of fused-ring (bicyclic) bond motifs is 1. The molecule has 1 aromatic heterocycles. The lowest BCUT2D eigenvalue weighted by Crippen LogP contribution is -1.84. The van der Waals surface area contributed by atoms with E-state index in [1.165, 1.54) is 6.07 Å². The minimum Gasteiger partial charge on any atom is -0.358 e. The van der Waals surface area contributed by atoms with Crippen molar-refractivity contribution in [1.29, 1.82) is 0 Å². The lowest BCUT2D eigenvalue weighted by Gasteiger charge is -1.98. The summed E-state index contributed by atoms with van der Waals surface area (Å²) in [6.07, 6.45) is 1.79. The summed E-state index contributed by atoms with van der Waals surface area (Å²) < 4.78 is 13.5. The average molecular weight is 266 g/mol. The van der Waals surface area contributed by atoms with E-state index >= 15 is 0 Å². The number of nitrogens with one attached hydrogen (secondary N) is 1. The Morgan fingerprint density at radius 2 is 1.90 bits per heavy atom. The molecule has 0 fully saturated rings. The maximum atomic E-state index is 13.5. The van der Waals surface area contributed by atoms with Gasteiger partial charge in [0.05, 0.1) is 5.69 Å². The molecule has 0 spiro atoms. The molecule has 0 saturated heterocycles. The van der Waals surface area contributed by atoms with Crippen LogP contribution in [0.5, 0.6) is 0 Å². The highest BCUT2D eigenvalue weighted by atomic mass is 19.1. The fourth-order valence-corrected chi connectivity index (χ4v) is 2.27. The summed E-state index contributed by atoms with van der Waals surface area (Å²) in [4.78, 5) is 7.70. The molecule has 3 heteroatoms. The Balaban J connectivity index is 2.02. The van der Waals surface area contributed by atoms with E-state index in [1.807, 2.05) is 31.2 Å². The third-order valence-corrected chi connectivity index (χ3v) is 3.44. The molecule has 0 amide bonds. The van der Waals surface area contributed by atoms with Crippen molar-refractivity contribution in [1.82, 2.24) is 4.98 Å². The zero-order valence-electron chi connectivity index (χ0n) is 11.4. The van der Waals surface area contributed by atoms with Gasteiger partial charge in [0.15, 0.2) is 0 Å². The number of aliphatic imine (C=N–C) groups is 1. The predicted molar refractivity (Wildman–Crippen MR) is 81.4 cm³/mol. The quantitative estimate of drug-likeness (QED) is 0.653. The first-order chi connectivity index (χ1) is 9.65. The van der Waals surface area contributed by atoms with E-state index in [1.54, 1.807) is 19.2 Å². The Morgan fingerprint density at radius 1 is 1.10 bits per heavy atom. The normalized spacial score (nSPS) is 11.6. The second-order valence-electron chi connectivity index (χ2n) is 4.90. The van der Waals surface area contributed by atoms with Gasteiger partial charge in [-0.1, -0.05) is 24.3 Å². The monoisotopic (exact) mass is 266 g/mol. The van der Waals surface area contributed by atoms with Gasteiger partial charge < -0.3 is 4.98 Å². The Hall–Kier alpha value is -2.42. The third kappa shape index (κ3) is 2.23. The molecule has 0 aliphatic carbocycles. The molecule has 0 aliphatic rings. The van der Waals surface area contributed by atoms with Crippen molar-refractivity contribution in [3.05, 3.63) is 65.1 Å². The number of aromatic amines is 1. The van der Waals surface area contributed by atoms with Gasteiger partial charge >= 0.3 is 0 Å². The summed E-state index contributed by atoms with van der Waals surface area (Å²) in [6, 6.07) is 13.1. The second-order valence-corrected chi connectivity index (χ2v) is 4.90. The van der Waals surface area contributed by atoms with Gasteiger partial charge in [-0.15, -0.1) is 0 Å². The van der Waals surface area contributed by atoms with Crippen molar-refractivity contribution in [2.24, 2.45) is 4.99 Å².